The fourth-order valence-electron chi connectivity index (χ4n) is 4.62. The number of urea groups is 1. The van der Waals surface area contributed by atoms with E-state index in [1.807, 2.05) is 84.4 Å². The molecule has 0 spiro atoms. The molecule has 5 rings (SSSR count). The average molecular weight is 493 g/mol. The zero-order valence-corrected chi connectivity index (χ0v) is 20.8. The molecule has 1 aromatic heterocycles. The lowest BCUT2D eigenvalue weighted by Gasteiger charge is -2.29. The molecule has 0 saturated heterocycles. The van der Waals surface area contributed by atoms with Crippen molar-refractivity contribution >= 4 is 12.0 Å². The Hall–Kier alpha value is -4.65. The number of allylic oxidation sites excluding steroid dienone is 1. The molecular formula is C30H28N4O3. The number of rotatable bonds is 7. The highest BCUT2D eigenvalue weighted by Gasteiger charge is 2.33. The minimum Gasteiger partial charge on any atom is -0.466 e. The third-order valence-electron chi connectivity index (χ3n) is 6.38. The summed E-state index contributed by atoms with van der Waals surface area (Å²) >= 11 is 0. The van der Waals surface area contributed by atoms with Crippen LogP contribution in [-0.4, -0.2) is 28.9 Å². The van der Waals surface area contributed by atoms with Crippen LogP contribution in [0.1, 0.15) is 31.4 Å². The summed E-state index contributed by atoms with van der Waals surface area (Å²) in [5.74, 6) is -0.462. The van der Waals surface area contributed by atoms with Gasteiger partial charge >= 0.3 is 12.0 Å². The molecule has 2 N–H and O–H groups in total. The Kier molecular flexibility index (Phi) is 6.85. The highest BCUT2D eigenvalue weighted by atomic mass is 16.5. The lowest BCUT2D eigenvalue weighted by Crippen LogP contribution is -2.45. The van der Waals surface area contributed by atoms with Gasteiger partial charge in [-0.2, -0.15) is 5.10 Å². The van der Waals surface area contributed by atoms with E-state index in [0.29, 0.717) is 17.7 Å². The van der Waals surface area contributed by atoms with Crippen molar-refractivity contribution < 1.29 is 14.3 Å². The van der Waals surface area contributed by atoms with Crippen LogP contribution in [0, 0.1) is 0 Å². The first-order valence-corrected chi connectivity index (χ1v) is 12.3. The summed E-state index contributed by atoms with van der Waals surface area (Å²) in [5, 5.41) is 10.6. The van der Waals surface area contributed by atoms with Crippen LogP contribution < -0.4 is 10.6 Å². The first-order valence-electron chi connectivity index (χ1n) is 12.3. The molecule has 1 unspecified atom stereocenters. The van der Waals surface area contributed by atoms with Gasteiger partial charge in [0.25, 0.3) is 0 Å². The number of esters is 1. The van der Waals surface area contributed by atoms with Crippen LogP contribution in [-0.2, 0) is 9.53 Å². The van der Waals surface area contributed by atoms with Crippen molar-refractivity contribution in [1.29, 1.82) is 0 Å². The maximum absolute atomic E-state index is 12.7. The van der Waals surface area contributed by atoms with Gasteiger partial charge in [0.2, 0.25) is 0 Å². The van der Waals surface area contributed by atoms with Gasteiger partial charge in [0.1, 0.15) is 0 Å². The summed E-state index contributed by atoms with van der Waals surface area (Å²) in [6.07, 6.45) is 1.36. The minimum absolute atomic E-state index is 0.337. The van der Waals surface area contributed by atoms with Gasteiger partial charge in [0, 0.05) is 16.8 Å². The Morgan fingerprint density at radius 2 is 1.59 bits per heavy atom. The predicted octanol–water partition coefficient (Wildman–Crippen LogP) is 5.79. The number of aromatic nitrogens is 2. The van der Waals surface area contributed by atoms with Gasteiger partial charge in [0.05, 0.1) is 35.8 Å². The second-order valence-corrected chi connectivity index (χ2v) is 8.82. The highest BCUT2D eigenvalue weighted by Crippen LogP contribution is 2.32. The molecule has 186 valence electrons. The van der Waals surface area contributed by atoms with Gasteiger partial charge < -0.3 is 15.4 Å². The minimum atomic E-state index is -0.608. The molecule has 1 atom stereocenters. The topological polar surface area (TPSA) is 85.2 Å². The Morgan fingerprint density at radius 1 is 0.946 bits per heavy atom. The van der Waals surface area contributed by atoms with E-state index in [0.717, 1.165) is 40.2 Å². The van der Waals surface area contributed by atoms with Gasteiger partial charge in [-0.05, 0) is 30.2 Å². The number of nitrogens with one attached hydrogen (secondary N) is 2. The molecule has 1 aliphatic rings. The number of benzene rings is 3. The molecule has 0 saturated carbocycles. The van der Waals surface area contributed by atoms with Gasteiger partial charge in [-0.25, -0.2) is 14.3 Å². The molecule has 7 nitrogen and oxygen atoms in total. The Labute approximate surface area is 215 Å². The lowest BCUT2D eigenvalue weighted by molar-refractivity contribution is -0.136. The molecule has 2 amide bonds. The Bertz CT molecular complexity index is 1440. The summed E-state index contributed by atoms with van der Waals surface area (Å²) < 4.78 is 6.97. The quantitative estimate of drug-likeness (QED) is 0.320. The Balaban J connectivity index is 1.56. The molecule has 0 bridgehead atoms. The number of nitrogens with zero attached hydrogens (tertiary/aromatic N) is 2. The number of hydrogen-bond acceptors (Lipinski definition) is 4. The fourth-order valence-corrected chi connectivity index (χ4v) is 4.62. The molecule has 1 aliphatic heterocycles. The molecular weight excluding hydrogens is 464 g/mol. The van der Waals surface area contributed by atoms with Crippen LogP contribution >= 0.6 is 0 Å². The first kappa shape index (κ1) is 24.1. The van der Waals surface area contributed by atoms with Crippen molar-refractivity contribution in [3.05, 3.63) is 108 Å². The van der Waals surface area contributed by atoms with E-state index >= 15 is 0 Å². The van der Waals surface area contributed by atoms with Crippen molar-refractivity contribution in [1.82, 2.24) is 20.4 Å². The largest absolute Gasteiger partial charge is 0.466 e. The SMILES string of the molecule is CCCC1=C(C(=O)OC)C(c2ccc(-n3nc(-c4ccccc4)cc3-c3ccccc3)cc2)NC(=O)N1. The normalized spacial score (nSPS) is 15.2. The monoisotopic (exact) mass is 492 g/mol. The molecule has 0 aliphatic carbocycles. The molecule has 7 heteroatoms. The van der Waals surface area contributed by atoms with Crippen molar-refractivity contribution in [3.63, 3.8) is 0 Å². The second-order valence-electron chi connectivity index (χ2n) is 8.82. The summed E-state index contributed by atoms with van der Waals surface area (Å²) in [6.45, 7) is 2.00. The van der Waals surface area contributed by atoms with Gasteiger partial charge in [0.15, 0.2) is 0 Å². The van der Waals surface area contributed by atoms with Crippen molar-refractivity contribution in [2.75, 3.05) is 7.11 Å². The first-order chi connectivity index (χ1) is 18.1. The van der Waals surface area contributed by atoms with Crippen LogP contribution in [0.4, 0.5) is 4.79 Å². The number of carbonyl (C=O) groups is 2. The van der Waals surface area contributed by atoms with Crippen LogP contribution in [0.25, 0.3) is 28.2 Å². The van der Waals surface area contributed by atoms with E-state index in [2.05, 4.69) is 28.8 Å². The van der Waals surface area contributed by atoms with E-state index in [9.17, 15) is 9.59 Å². The standard InChI is InChI=1S/C30H28N4O3/c1-3-10-24-27(29(35)37-2)28(32-30(36)31-24)22-15-17-23(18-16-22)34-26(21-13-8-5-9-14-21)19-25(33-34)20-11-6-4-7-12-20/h4-9,11-19,28H,3,10H2,1-2H3,(H2,31,32,36). The molecule has 3 aromatic carbocycles. The Morgan fingerprint density at radius 3 is 2.22 bits per heavy atom. The molecule has 4 aromatic rings. The van der Waals surface area contributed by atoms with Crippen molar-refractivity contribution in [2.45, 2.75) is 25.8 Å². The summed E-state index contributed by atoms with van der Waals surface area (Å²) in [7, 11) is 1.35. The molecule has 0 radical (unpaired) electrons. The van der Waals surface area contributed by atoms with Crippen molar-refractivity contribution in [2.24, 2.45) is 0 Å². The van der Waals surface area contributed by atoms with Crippen LogP contribution in [0.3, 0.4) is 0 Å². The fraction of sp³-hybridized carbons (Fsp3) is 0.167. The van der Waals surface area contributed by atoms with Gasteiger partial charge in [-0.15, -0.1) is 0 Å². The van der Waals surface area contributed by atoms with Crippen molar-refractivity contribution in [3.8, 4) is 28.2 Å². The summed E-state index contributed by atoms with van der Waals surface area (Å²) in [4.78, 5) is 25.1. The number of amides is 2. The zero-order valence-electron chi connectivity index (χ0n) is 20.8. The number of methoxy groups -OCH3 is 1. The van der Waals surface area contributed by atoms with Crippen LogP contribution in [0.2, 0.25) is 0 Å². The third-order valence-corrected chi connectivity index (χ3v) is 6.38. The van der Waals surface area contributed by atoms with E-state index < -0.39 is 12.0 Å². The highest BCUT2D eigenvalue weighted by molar-refractivity contribution is 5.95. The lowest BCUT2D eigenvalue weighted by atomic mass is 9.93. The third kappa shape index (κ3) is 4.89. The predicted molar refractivity (Wildman–Crippen MR) is 143 cm³/mol. The number of carbonyl (C=O) groups excluding carboxylic acids is 2. The van der Waals surface area contributed by atoms with Gasteiger partial charge in [-0.3, -0.25) is 0 Å². The second kappa shape index (κ2) is 10.5. The summed E-state index contributed by atoms with van der Waals surface area (Å²) in [6, 6.07) is 29.1. The van der Waals surface area contributed by atoms with E-state index in [-0.39, 0.29) is 6.03 Å². The van der Waals surface area contributed by atoms with E-state index in [4.69, 9.17) is 9.84 Å². The number of hydrogen-bond donors (Lipinski definition) is 2. The molecule has 0 fully saturated rings. The molecule has 37 heavy (non-hydrogen) atoms. The smallest absolute Gasteiger partial charge is 0.337 e. The van der Waals surface area contributed by atoms with E-state index in [1.165, 1.54) is 7.11 Å². The number of ether oxygens (including phenoxy) is 1. The maximum Gasteiger partial charge on any atom is 0.337 e. The maximum atomic E-state index is 12.7. The van der Waals surface area contributed by atoms with Crippen LogP contribution in [0.5, 0.6) is 0 Å². The summed E-state index contributed by atoms with van der Waals surface area (Å²) in [5.41, 5.74) is 6.57. The molecule has 2 heterocycles. The van der Waals surface area contributed by atoms with Crippen LogP contribution in [0.15, 0.2) is 102 Å². The zero-order chi connectivity index (χ0) is 25.8. The average Bonchev–Trinajstić information content (AvgIpc) is 3.39. The van der Waals surface area contributed by atoms with Gasteiger partial charge in [-0.1, -0.05) is 86.1 Å². The van der Waals surface area contributed by atoms with E-state index in [1.54, 1.807) is 0 Å².